The quantitative estimate of drug-likeness (QED) is 0.257. The van der Waals surface area contributed by atoms with Gasteiger partial charge in [0.05, 0.1) is 16.9 Å². The molecule has 1 aliphatic carbocycles. The molecule has 0 amide bonds. The van der Waals surface area contributed by atoms with Crippen molar-refractivity contribution >= 4 is 11.9 Å². The van der Waals surface area contributed by atoms with Crippen molar-refractivity contribution in [1.29, 1.82) is 5.26 Å². The highest BCUT2D eigenvalue weighted by Gasteiger charge is 2.27. The number of allylic oxidation sites excluding steroid dienone is 1. The summed E-state index contributed by atoms with van der Waals surface area (Å²) in [4.78, 5) is 26.6. The molecule has 2 aromatic heterocycles. The van der Waals surface area contributed by atoms with E-state index in [2.05, 4.69) is 0 Å². The molecule has 5 rings (SSSR count). The molecule has 1 fully saturated rings. The number of carbonyl (C=O) groups is 1. The number of rotatable bonds is 6. The minimum absolute atomic E-state index is 0.0142. The van der Waals surface area contributed by atoms with E-state index in [0.717, 1.165) is 43.4 Å². The first-order chi connectivity index (χ1) is 18.5. The van der Waals surface area contributed by atoms with Gasteiger partial charge >= 0.3 is 0 Å². The number of pyridine rings is 1. The van der Waals surface area contributed by atoms with Crippen molar-refractivity contribution in [1.82, 2.24) is 14.3 Å². The van der Waals surface area contributed by atoms with Gasteiger partial charge in [-0.3, -0.25) is 14.2 Å². The lowest BCUT2D eigenvalue weighted by Crippen LogP contribution is -2.30. The summed E-state index contributed by atoms with van der Waals surface area (Å²) in [5, 5.41) is 25.6. The number of nitriles is 1. The van der Waals surface area contributed by atoms with Gasteiger partial charge in [0, 0.05) is 23.4 Å². The summed E-state index contributed by atoms with van der Waals surface area (Å²) < 4.78 is 3.01. The molecule has 2 heterocycles. The maximum Gasteiger partial charge on any atom is 0.271 e. The lowest BCUT2D eigenvalue weighted by atomic mass is 9.93. The average Bonchev–Trinajstić information content (AvgIpc) is 3.38. The summed E-state index contributed by atoms with van der Waals surface area (Å²) in [6.45, 7) is 1.54. The molecule has 1 N–H and O–H groups in total. The molecule has 4 aromatic rings. The second-order valence-corrected chi connectivity index (χ2v) is 9.55. The van der Waals surface area contributed by atoms with Crippen LogP contribution in [0.25, 0.3) is 23.0 Å². The number of para-hydroxylation sites is 1. The van der Waals surface area contributed by atoms with E-state index in [1.807, 2.05) is 72.9 Å². The summed E-state index contributed by atoms with van der Waals surface area (Å²) >= 11 is 0. The Balaban J connectivity index is 1.58. The average molecular weight is 505 g/mol. The minimum atomic E-state index is -0.537. The molecule has 0 radical (unpaired) electrons. The third kappa shape index (κ3) is 4.69. The van der Waals surface area contributed by atoms with Gasteiger partial charge in [0.25, 0.3) is 5.56 Å². The topological polar surface area (TPSA) is 101 Å². The van der Waals surface area contributed by atoms with Crippen molar-refractivity contribution in [2.75, 3.05) is 0 Å². The first kappa shape index (κ1) is 25.0. The Morgan fingerprint density at radius 1 is 1.05 bits per heavy atom. The number of carbonyl (C=O) groups excluding carboxylic acids is 1. The monoisotopic (exact) mass is 504 g/mol. The van der Waals surface area contributed by atoms with Gasteiger partial charge in [-0.1, -0.05) is 67.8 Å². The van der Waals surface area contributed by atoms with Gasteiger partial charge in [0.15, 0.2) is 5.78 Å². The summed E-state index contributed by atoms with van der Waals surface area (Å²) in [5.74, 6) is -0.844. The van der Waals surface area contributed by atoms with Crippen molar-refractivity contribution in [3.63, 3.8) is 0 Å². The lowest BCUT2D eigenvalue weighted by Gasteiger charge is -2.26. The van der Waals surface area contributed by atoms with Gasteiger partial charge in [-0.15, -0.1) is 0 Å². The number of hydrogen-bond donors (Lipinski definition) is 1. The number of hydrogen-bond acceptors (Lipinski definition) is 5. The molecular formula is C31H28N4O3. The SMILES string of the molecule is Cc1c(C(=O)/C=C/c2cn(-c3ccccc3)nc2-c2ccccc2)c(O)n(C2CCCCC2)c(=O)c1C#N. The summed E-state index contributed by atoms with van der Waals surface area (Å²) in [6, 6.07) is 21.1. The van der Waals surface area contributed by atoms with Crippen LogP contribution in [-0.4, -0.2) is 25.2 Å². The fraction of sp³-hybridized carbons (Fsp3) is 0.226. The smallest absolute Gasteiger partial charge is 0.271 e. The molecule has 1 aliphatic rings. The van der Waals surface area contributed by atoms with Crippen LogP contribution in [0, 0.1) is 18.3 Å². The van der Waals surface area contributed by atoms with Crippen LogP contribution >= 0.6 is 0 Å². The van der Waals surface area contributed by atoms with Crippen LogP contribution in [0.2, 0.25) is 0 Å². The van der Waals surface area contributed by atoms with Crippen LogP contribution in [-0.2, 0) is 0 Å². The second-order valence-electron chi connectivity index (χ2n) is 9.55. The second kappa shape index (κ2) is 10.7. The van der Waals surface area contributed by atoms with Gasteiger partial charge in [0.1, 0.15) is 11.6 Å². The Morgan fingerprint density at radius 2 is 1.71 bits per heavy atom. The van der Waals surface area contributed by atoms with Crippen LogP contribution in [0.3, 0.4) is 0 Å². The van der Waals surface area contributed by atoms with E-state index in [-0.39, 0.29) is 28.6 Å². The Morgan fingerprint density at radius 3 is 2.37 bits per heavy atom. The molecular weight excluding hydrogens is 476 g/mol. The van der Waals surface area contributed by atoms with Crippen LogP contribution < -0.4 is 5.56 Å². The zero-order valence-electron chi connectivity index (χ0n) is 21.2. The van der Waals surface area contributed by atoms with Crippen molar-refractivity contribution in [2.24, 2.45) is 0 Å². The van der Waals surface area contributed by atoms with E-state index in [1.165, 1.54) is 17.6 Å². The normalized spacial score (nSPS) is 14.0. The molecule has 0 aliphatic heterocycles. The highest BCUT2D eigenvalue weighted by Crippen LogP contribution is 2.33. The molecule has 2 aromatic carbocycles. The van der Waals surface area contributed by atoms with E-state index in [1.54, 1.807) is 10.8 Å². The molecule has 38 heavy (non-hydrogen) atoms. The summed E-state index contributed by atoms with van der Waals surface area (Å²) in [6.07, 6.45) is 9.27. The highest BCUT2D eigenvalue weighted by atomic mass is 16.3. The van der Waals surface area contributed by atoms with E-state index in [9.17, 15) is 20.0 Å². The number of ketones is 1. The predicted octanol–water partition coefficient (Wildman–Crippen LogP) is 5.99. The van der Waals surface area contributed by atoms with Crippen molar-refractivity contribution in [3.05, 3.63) is 106 Å². The first-order valence-electron chi connectivity index (χ1n) is 12.8. The maximum atomic E-state index is 13.5. The van der Waals surface area contributed by atoms with Crippen molar-refractivity contribution in [3.8, 4) is 28.9 Å². The van der Waals surface area contributed by atoms with Gasteiger partial charge in [-0.05, 0) is 49.6 Å². The molecule has 0 unspecified atom stereocenters. The van der Waals surface area contributed by atoms with E-state index >= 15 is 0 Å². The number of nitrogens with zero attached hydrogens (tertiary/aromatic N) is 4. The molecule has 190 valence electrons. The zero-order valence-corrected chi connectivity index (χ0v) is 21.2. The molecule has 0 atom stereocenters. The van der Waals surface area contributed by atoms with E-state index in [4.69, 9.17) is 5.10 Å². The Kier molecular flexibility index (Phi) is 7.05. The maximum absolute atomic E-state index is 13.5. The third-order valence-electron chi connectivity index (χ3n) is 7.16. The van der Waals surface area contributed by atoms with Crippen LogP contribution in [0.15, 0.2) is 77.7 Å². The molecule has 0 spiro atoms. The summed E-state index contributed by atoms with van der Waals surface area (Å²) in [7, 11) is 0. The van der Waals surface area contributed by atoms with E-state index in [0.29, 0.717) is 11.3 Å². The standard InChI is InChI=1S/C31H28N4O3/c1-21-26(19-32)30(37)35(25-15-9-4-10-16-25)31(38)28(21)27(36)18-17-23-20-34(24-13-7-3-8-14-24)33-29(23)22-11-5-2-6-12-22/h2-3,5-8,11-14,17-18,20,25,38H,4,9-10,15-16H2,1H3/b18-17+. The number of aromatic nitrogens is 3. The van der Waals surface area contributed by atoms with E-state index < -0.39 is 11.3 Å². The Labute approximate surface area is 220 Å². The summed E-state index contributed by atoms with van der Waals surface area (Å²) in [5.41, 5.74) is 2.72. The molecule has 7 heteroatoms. The Hall–Kier alpha value is -4.70. The van der Waals surface area contributed by atoms with Gasteiger partial charge in [-0.25, -0.2) is 4.68 Å². The first-order valence-corrected chi connectivity index (χ1v) is 12.8. The van der Waals surface area contributed by atoms with Crippen LogP contribution in [0.5, 0.6) is 5.88 Å². The predicted molar refractivity (Wildman–Crippen MR) is 146 cm³/mol. The van der Waals surface area contributed by atoms with Crippen molar-refractivity contribution < 1.29 is 9.90 Å². The molecule has 0 saturated heterocycles. The highest BCUT2D eigenvalue weighted by molar-refractivity contribution is 6.09. The fourth-order valence-corrected chi connectivity index (χ4v) is 5.19. The number of benzene rings is 2. The third-order valence-corrected chi connectivity index (χ3v) is 7.16. The molecule has 1 saturated carbocycles. The van der Waals surface area contributed by atoms with Gasteiger partial charge < -0.3 is 5.11 Å². The lowest BCUT2D eigenvalue weighted by molar-refractivity contribution is 0.104. The van der Waals surface area contributed by atoms with Gasteiger partial charge in [0.2, 0.25) is 5.88 Å². The molecule has 0 bridgehead atoms. The Bertz CT molecular complexity index is 1600. The molecule has 7 nitrogen and oxygen atoms in total. The minimum Gasteiger partial charge on any atom is -0.494 e. The zero-order chi connectivity index (χ0) is 26.6. The van der Waals surface area contributed by atoms with Gasteiger partial charge in [-0.2, -0.15) is 10.4 Å². The van der Waals surface area contributed by atoms with Crippen molar-refractivity contribution in [2.45, 2.75) is 45.1 Å². The largest absolute Gasteiger partial charge is 0.494 e. The number of aromatic hydroxyl groups is 1. The fourth-order valence-electron chi connectivity index (χ4n) is 5.19. The van der Waals surface area contributed by atoms with Crippen LogP contribution in [0.4, 0.5) is 0 Å². The van der Waals surface area contributed by atoms with Crippen LogP contribution in [0.1, 0.15) is 65.2 Å².